The molecule has 2 aromatic carbocycles. The quantitative estimate of drug-likeness (QED) is 0.640. The lowest BCUT2D eigenvalue weighted by Crippen LogP contribution is -2.43. The Morgan fingerprint density at radius 3 is 2.60 bits per heavy atom. The van der Waals surface area contributed by atoms with Gasteiger partial charge in [0.1, 0.15) is 17.5 Å². The average Bonchev–Trinajstić information content (AvgIpc) is 3.27. The molecule has 8 nitrogen and oxygen atoms in total. The first-order valence-corrected chi connectivity index (χ1v) is 9.22. The fraction of sp³-hybridized carbons (Fsp3) is 0.182. The molecule has 0 fully saturated rings. The van der Waals surface area contributed by atoms with Crippen molar-refractivity contribution in [2.75, 3.05) is 19.5 Å². The Bertz CT molecular complexity index is 1090. The van der Waals surface area contributed by atoms with Gasteiger partial charge in [-0.3, -0.25) is 4.79 Å². The highest BCUT2D eigenvalue weighted by molar-refractivity contribution is 6.02. The van der Waals surface area contributed by atoms with Crippen LogP contribution in [0.5, 0.6) is 11.5 Å². The minimum atomic E-state index is -1.19. The number of ether oxygens (including phenoxy) is 2. The number of hydrogen-bond donors (Lipinski definition) is 2. The second-order valence-corrected chi connectivity index (χ2v) is 6.68. The van der Waals surface area contributed by atoms with Crippen molar-refractivity contribution >= 4 is 17.6 Å². The van der Waals surface area contributed by atoms with Crippen molar-refractivity contribution < 1.29 is 28.6 Å². The van der Waals surface area contributed by atoms with Crippen molar-refractivity contribution in [3.05, 3.63) is 77.2 Å². The highest BCUT2D eigenvalue weighted by atomic mass is 16.5. The number of aromatic carboxylic acids is 1. The number of benzene rings is 2. The van der Waals surface area contributed by atoms with E-state index in [1.165, 1.54) is 25.4 Å². The number of carboxylic acid groups (broad SMARTS) is 1. The predicted molar refractivity (Wildman–Crippen MR) is 108 cm³/mol. The first-order chi connectivity index (χ1) is 14.5. The summed E-state index contributed by atoms with van der Waals surface area (Å²) in [5, 5.41) is 13.2. The normalized spacial score (nSPS) is 15.3. The lowest BCUT2D eigenvalue weighted by molar-refractivity contribution is 0.0629. The molecule has 0 saturated heterocycles. The zero-order valence-electron chi connectivity index (χ0n) is 16.4. The molecule has 2 heterocycles. The van der Waals surface area contributed by atoms with Crippen LogP contribution < -0.4 is 14.8 Å². The Morgan fingerprint density at radius 2 is 1.93 bits per heavy atom. The van der Waals surface area contributed by atoms with Gasteiger partial charge < -0.3 is 29.2 Å². The van der Waals surface area contributed by atoms with Crippen molar-refractivity contribution in [3.63, 3.8) is 0 Å². The molecule has 3 aromatic rings. The third-order valence-corrected chi connectivity index (χ3v) is 5.01. The van der Waals surface area contributed by atoms with Gasteiger partial charge in [0.15, 0.2) is 11.5 Å². The minimum absolute atomic E-state index is 0.0778. The van der Waals surface area contributed by atoms with Crippen LogP contribution >= 0.6 is 0 Å². The van der Waals surface area contributed by atoms with E-state index in [9.17, 15) is 14.7 Å². The Kier molecular flexibility index (Phi) is 5.05. The van der Waals surface area contributed by atoms with Crippen LogP contribution in [0.4, 0.5) is 5.69 Å². The summed E-state index contributed by atoms with van der Waals surface area (Å²) in [5.74, 6) is -0.470. The maximum absolute atomic E-state index is 13.3. The molecule has 1 atom stereocenters. The van der Waals surface area contributed by atoms with Gasteiger partial charge in [-0.25, -0.2) is 4.79 Å². The molecular formula is C22H20N2O6. The number of anilines is 1. The highest BCUT2D eigenvalue weighted by Crippen LogP contribution is 2.41. The summed E-state index contributed by atoms with van der Waals surface area (Å²) in [6.45, 7) is 0.158. The molecule has 0 spiro atoms. The van der Waals surface area contributed by atoms with Crippen molar-refractivity contribution in [1.29, 1.82) is 0 Å². The number of furan rings is 1. The van der Waals surface area contributed by atoms with Gasteiger partial charge in [0.05, 0.1) is 32.6 Å². The van der Waals surface area contributed by atoms with Crippen LogP contribution in [-0.4, -0.2) is 36.1 Å². The predicted octanol–water partition coefficient (Wildman–Crippen LogP) is 3.76. The molecule has 8 heteroatoms. The van der Waals surface area contributed by atoms with Crippen LogP contribution in [0.15, 0.2) is 59.2 Å². The molecule has 0 bridgehead atoms. The molecule has 4 rings (SSSR count). The van der Waals surface area contributed by atoms with E-state index in [4.69, 9.17) is 13.9 Å². The zero-order valence-corrected chi connectivity index (χ0v) is 16.4. The molecule has 2 N–H and O–H groups in total. The van der Waals surface area contributed by atoms with Crippen molar-refractivity contribution in [1.82, 2.24) is 4.90 Å². The molecule has 0 radical (unpaired) electrons. The minimum Gasteiger partial charge on any atom is -0.493 e. The standard InChI is InChI=1S/C22H20N2O6/c1-28-17-10-9-15(18(22(26)27)19(17)29-2)20-23-16-8-4-3-7-14(16)21(25)24(20)12-13-6-5-11-30-13/h3-11,20,23H,12H2,1-2H3,(H,26,27)/t20-/m0/s1. The van der Waals surface area contributed by atoms with Crippen LogP contribution in [-0.2, 0) is 6.54 Å². The van der Waals surface area contributed by atoms with Gasteiger partial charge in [0, 0.05) is 11.3 Å². The molecule has 154 valence electrons. The molecule has 30 heavy (non-hydrogen) atoms. The number of amides is 1. The third kappa shape index (κ3) is 3.22. The van der Waals surface area contributed by atoms with E-state index in [2.05, 4.69) is 5.32 Å². The van der Waals surface area contributed by atoms with E-state index >= 15 is 0 Å². The SMILES string of the molecule is COc1ccc([C@H]2Nc3ccccc3C(=O)N2Cc2ccco2)c(C(=O)O)c1OC. The number of hydrogen-bond acceptors (Lipinski definition) is 6. The van der Waals surface area contributed by atoms with Crippen LogP contribution in [0.2, 0.25) is 0 Å². The molecule has 1 aliphatic heterocycles. The van der Waals surface area contributed by atoms with Gasteiger partial charge >= 0.3 is 5.97 Å². The number of rotatable bonds is 6. The van der Waals surface area contributed by atoms with Gasteiger partial charge in [-0.05, 0) is 30.3 Å². The summed E-state index contributed by atoms with van der Waals surface area (Å²) < 4.78 is 16.0. The molecular weight excluding hydrogens is 388 g/mol. The monoisotopic (exact) mass is 408 g/mol. The summed E-state index contributed by atoms with van der Waals surface area (Å²) in [6.07, 6.45) is 0.766. The second kappa shape index (κ2) is 7.82. The van der Waals surface area contributed by atoms with Crippen molar-refractivity contribution in [2.24, 2.45) is 0 Å². The number of fused-ring (bicyclic) bond motifs is 1. The zero-order chi connectivity index (χ0) is 21.3. The van der Waals surface area contributed by atoms with E-state index in [-0.39, 0.29) is 23.8 Å². The van der Waals surface area contributed by atoms with E-state index in [1.54, 1.807) is 42.5 Å². The summed E-state index contributed by atoms with van der Waals surface area (Å²) in [6, 6.07) is 13.8. The van der Waals surface area contributed by atoms with E-state index < -0.39 is 12.1 Å². The molecule has 1 aliphatic rings. The van der Waals surface area contributed by atoms with Gasteiger partial charge in [-0.2, -0.15) is 0 Å². The van der Waals surface area contributed by atoms with E-state index in [0.717, 1.165) is 0 Å². The van der Waals surface area contributed by atoms with Crippen molar-refractivity contribution in [3.8, 4) is 11.5 Å². The van der Waals surface area contributed by atoms with Gasteiger partial charge in [-0.15, -0.1) is 0 Å². The van der Waals surface area contributed by atoms with E-state index in [0.29, 0.717) is 28.3 Å². The Balaban J connectivity index is 1.88. The van der Waals surface area contributed by atoms with Crippen LogP contribution in [0.1, 0.15) is 38.2 Å². The van der Waals surface area contributed by atoms with Crippen LogP contribution in [0.3, 0.4) is 0 Å². The Hall–Kier alpha value is -3.94. The maximum Gasteiger partial charge on any atom is 0.340 e. The molecule has 0 aliphatic carbocycles. The topological polar surface area (TPSA) is 101 Å². The maximum atomic E-state index is 13.3. The second-order valence-electron chi connectivity index (χ2n) is 6.68. The molecule has 0 saturated carbocycles. The van der Waals surface area contributed by atoms with Crippen LogP contribution in [0.25, 0.3) is 0 Å². The van der Waals surface area contributed by atoms with Gasteiger partial charge in [-0.1, -0.05) is 18.2 Å². The number of para-hydroxylation sites is 1. The van der Waals surface area contributed by atoms with Crippen LogP contribution in [0, 0.1) is 0 Å². The van der Waals surface area contributed by atoms with E-state index in [1.807, 2.05) is 6.07 Å². The number of nitrogens with one attached hydrogen (secondary N) is 1. The Labute approximate surface area is 172 Å². The highest BCUT2D eigenvalue weighted by Gasteiger charge is 2.37. The number of nitrogens with zero attached hydrogens (tertiary/aromatic N) is 1. The lowest BCUT2D eigenvalue weighted by Gasteiger charge is -2.38. The fourth-order valence-corrected chi connectivity index (χ4v) is 3.66. The number of carboxylic acids is 1. The Morgan fingerprint density at radius 1 is 1.13 bits per heavy atom. The van der Waals surface area contributed by atoms with Gasteiger partial charge in [0.25, 0.3) is 5.91 Å². The summed E-state index contributed by atoms with van der Waals surface area (Å²) >= 11 is 0. The lowest BCUT2D eigenvalue weighted by atomic mass is 9.98. The fourth-order valence-electron chi connectivity index (χ4n) is 3.66. The largest absolute Gasteiger partial charge is 0.493 e. The number of carbonyl (C=O) groups excluding carboxylic acids is 1. The number of carbonyl (C=O) groups is 2. The first-order valence-electron chi connectivity index (χ1n) is 9.22. The van der Waals surface area contributed by atoms with Crippen molar-refractivity contribution in [2.45, 2.75) is 12.7 Å². The third-order valence-electron chi connectivity index (χ3n) is 5.01. The molecule has 1 aromatic heterocycles. The number of methoxy groups -OCH3 is 2. The smallest absolute Gasteiger partial charge is 0.340 e. The molecule has 1 amide bonds. The molecule has 0 unspecified atom stereocenters. The summed E-state index contributed by atoms with van der Waals surface area (Å²) in [7, 11) is 2.81. The summed E-state index contributed by atoms with van der Waals surface area (Å²) in [4.78, 5) is 27.0. The summed E-state index contributed by atoms with van der Waals surface area (Å²) in [5.41, 5.74) is 1.41. The van der Waals surface area contributed by atoms with Gasteiger partial charge in [0.2, 0.25) is 0 Å². The average molecular weight is 408 g/mol. The first kappa shape index (κ1) is 19.4.